The highest BCUT2D eigenvalue weighted by molar-refractivity contribution is 8.00. The van der Waals surface area contributed by atoms with Gasteiger partial charge in [-0.05, 0) is 48.8 Å². The number of halogens is 2. The second kappa shape index (κ2) is 6.02. The molecule has 0 heterocycles. The van der Waals surface area contributed by atoms with Crippen LogP contribution in [0.3, 0.4) is 0 Å². The first-order chi connectivity index (χ1) is 9.27. The molecular formula is C16H23F2NS. The van der Waals surface area contributed by atoms with Crippen LogP contribution in [0.25, 0.3) is 0 Å². The van der Waals surface area contributed by atoms with E-state index in [1.807, 2.05) is 0 Å². The minimum atomic E-state index is -0.796. The smallest absolute Gasteiger partial charge is 0.159 e. The highest BCUT2D eigenvalue weighted by atomic mass is 32.2. The van der Waals surface area contributed by atoms with Gasteiger partial charge in [-0.15, -0.1) is 11.8 Å². The highest BCUT2D eigenvalue weighted by Crippen LogP contribution is 2.42. The number of nitrogens with two attached hydrogens (primary N) is 1. The van der Waals surface area contributed by atoms with Crippen molar-refractivity contribution >= 4 is 11.8 Å². The van der Waals surface area contributed by atoms with Crippen LogP contribution in [-0.4, -0.2) is 11.3 Å². The molecule has 2 N–H and O–H groups in total. The molecule has 1 fully saturated rings. The quantitative estimate of drug-likeness (QED) is 0.863. The van der Waals surface area contributed by atoms with Gasteiger partial charge in [0.15, 0.2) is 11.6 Å². The predicted molar refractivity (Wildman–Crippen MR) is 80.8 cm³/mol. The van der Waals surface area contributed by atoms with Gasteiger partial charge in [-0.25, -0.2) is 8.78 Å². The number of benzene rings is 1. The first-order valence-electron chi connectivity index (χ1n) is 7.14. The average molecular weight is 299 g/mol. The first kappa shape index (κ1) is 15.8. The summed E-state index contributed by atoms with van der Waals surface area (Å²) in [5.74, 6) is -0.952. The summed E-state index contributed by atoms with van der Waals surface area (Å²) in [5, 5.41) is 0.276. The number of thioether (sulfide) groups is 1. The van der Waals surface area contributed by atoms with Crippen molar-refractivity contribution < 1.29 is 8.78 Å². The monoisotopic (exact) mass is 299 g/mol. The van der Waals surface area contributed by atoms with Crippen molar-refractivity contribution in [2.45, 2.75) is 56.2 Å². The Bertz CT molecular complexity index is 470. The molecule has 1 saturated carbocycles. The molecule has 1 aliphatic carbocycles. The lowest BCUT2D eigenvalue weighted by molar-refractivity contribution is 0.174. The van der Waals surface area contributed by atoms with Crippen molar-refractivity contribution in [3.63, 3.8) is 0 Å². The molecule has 0 aromatic heterocycles. The lowest BCUT2D eigenvalue weighted by Gasteiger charge is -2.40. The molecule has 0 amide bonds. The standard InChI is InChI=1S/C16H23F2NS/c1-16(2,3)10-4-7-14(19)15(8-10)20-11-5-6-12(17)13(18)9-11/h5-6,9-10,14-15H,4,7-8,19H2,1-3H3. The Morgan fingerprint density at radius 3 is 2.45 bits per heavy atom. The lowest BCUT2D eigenvalue weighted by Crippen LogP contribution is -2.41. The fraction of sp³-hybridized carbons (Fsp3) is 0.625. The van der Waals surface area contributed by atoms with E-state index in [9.17, 15) is 8.78 Å². The summed E-state index contributed by atoms with van der Waals surface area (Å²) in [7, 11) is 0. The first-order valence-corrected chi connectivity index (χ1v) is 8.02. The third kappa shape index (κ3) is 3.73. The van der Waals surface area contributed by atoms with Crippen molar-refractivity contribution in [2.75, 3.05) is 0 Å². The Labute approximate surface area is 124 Å². The van der Waals surface area contributed by atoms with Crippen molar-refractivity contribution in [3.8, 4) is 0 Å². The van der Waals surface area contributed by atoms with E-state index >= 15 is 0 Å². The van der Waals surface area contributed by atoms with E-state index in [-0.39, 0.29) is 16.7 Å². The van der Waals surface area contributed by atoms with Crippen molar-refractivity contribution in [2.24, 2.45) is 17.1 Å². The molecule has 3 atom stereocenters. The fourth-order valence-corrected chi connectivity index (χ4v) is 4.11. The number of hydrogen-bond acceptors (Lipinski definition) is 2. The van der Waals surface area contributed by atoms with Gasteiger partial charge in [-0.2, -0.15) is 0 Å². The van der Waals surface area contributed by atoms with Gasteiger partial charge < -0.3 is 5.73 Å². The maximum atomic E-state index is 13.3. The van der Waals surface area contributed by atoms with E-state index in [0.29, 0.717) is 5.92 Å². The molecular weight excluding hydrogens is 276 g/mol. The van der Waals surface area contributed by atoms with E-state index in [2.05, 4.69) is 20.8 Å². The molecule has 0 saturated heterocycles. The summed E-state index contributed by atoms with van der Waals surface area (Å²) in [4.78, 5) is 0.763. The van der Waals surface area contributed by atoms with Crippen molar-refractivity contribution in [1.29, 1.82) is 0 Å². The van der Waals surface area contributed by atoms with Gasteiger partial charge in [0.2, 0.25) is 0 Å². The minimum absolute atomic E-state index is 0.131. The zero-order chi connectivity index (χ0) is 14.9. The van der Waals surface area contributed by atoms with Crippen molar-refractivity contribution in [1.82, 2.24) is 0 Å². The molecule has 2 rings (SSSR count). The summed E-state index contributed by atoms with van der Waals surface area (Å²) in [6.07, 6.45) is 3.19. The summed E-state index contributed by atoms with van der Waals surface area (Å²) in [6, 6.07) is 4.23. The molecule has 3 unspecified atom stereocenters. The molecule has 0 bridgehead atoms. The third-order valence-corrected chi connectivity index (χ3v) is 5.62. The molecule has 0 spiro atoms. The van der Waals surface area contributed by atoms with Crippen LogP contribution in [0.4, 0.5) is 8.78 Å². The summed E-state index contributed by atoms with van der Waals surface area (Å²) < 4.78 is 26.2. The van der Waals surface area contributed by atoms with Crippen LogP contribution in [0.2, 0.25) is 0 Å². The van der Waals surface area contributed by atoms with E-state index in [0.717, 1.165) is 24.2 Å². The van der Waals surface area contributed by atoms with Gasteiger partial charge in [0.1, 0.15) is 0 Å². The van der Waals surface area contributed by atoms with Gasteiger partial charge in [0.05, 0.1) is 0 Å². The Hall–Kier alpha value is -0.610. The Morgan fingerprint density at radius 1 is 1.15 bits per heavy atom. The molecule has 1 aromatic rings. The summed E-state index contributed by atoms with van der Waals surface area (Å²) in [5.41, 5.74) is 6.48. The van der Waals surface area contributed by atoms with Crippen LogP contribution < -0.4 is 5.73 Å². The SMILES string of the molecule is CC(C)(C)C1CCC(N)C(Sc2ccc(F)c(F)c2)C1. The maximum Gasteiger partial charge on any atom is 0.159 e. The van der Waals surface area contributed by atoms with E-state index in [4.69, 9.17) is 5.73 Å². The molecule has 20 heavy (non-hydrogen) atoms. The van der Waals surface area contributed by atoms with E-state index in [1.54, 1.807) is 17.8 Å². The molecule has 112 valence electrons. The van der Waals surface area contributed by atoms with Crippen molar-refractivity contribution in [3.05, 3.63) is 29.8 Å². The minimum Gasteiger partial charge on any atom is -0.327 e. The maximum absolute atomic E-state index is 13.3. The highest BCUT2D eigenvalue weighted by Gasteiger charge is 2.34. The molecule has 4 heteroatoms. The van der Waals surface area contributed by atoms with Crippen LogP contribution >= 0.6 is 11.8 Å². The predicted octanol–water partition coefficient (Wildman–Crippen LogP) is 4.60. The number of rotatable bonds is 2. The zero-order valence-electron chi connectivity index (χ0n) is 12.3. The molecule has 0 aliphatic heterocycles. The van der Waals surface area contributed by atoms with Gasteiger partial charge in [0.25, 0.3) is 0 Å². The van der Waals surface area contributed by atoms with Gasteiger partial charge in [-0.1, -0.05) is 20.8 Å². The Balaban J connectivity index is 2.08. The second-order valence-corrected chi connectivity index (χ2v) is 8.08. The van der Waals surface area contributed by atoms with Crippen LogP contribution in [0.5, 0.6) is 0 Å². The third-order valence-electron chi connectivity index (χ3n) is 4.25. The normalized spacial score (nSPS) is 27.6. The zero-order valence-corrected chi connectivity index (χ0v) is 13.1. The summed E-state index contributed by atoms with van der Waals surface area (Å²) in [6.45, 7) is 6.77. The van der Waals surface area contributed by atoms with E-state index < -0.39 is 11.6 Å². The van der Waals surface area contributed by atoms with E-state index in [1.165, 1.54) is 12.1 Å². The molecule has 1 nitrogen and oxygen atoms in total. The summed E-state index contributed by atoms with van der Waals surface area (Å²) >= 11 is 1.58. The van der Waals surface area contributed by atoms with Crippen LogP contribution in [-0.2, 0) is 0 Å². The lowest BCUT2D eigenvalue weighted by atomic mass is 9.71. The number of hydrogen-bond donors (Lipinski definition) is 1. The molecule has 0 radical (unpaired) electrons. The Kier molecular flexibility index (Phi) is 4.75. The van der Waals surface area contributed by atoms with Gasteiger partial charge >= 0.3 is 0 Å². The van der Waals surface area contributed by atoms with Gasteiger partial charge in [-0.3, -0.25) is 0 Å². The fourth-order valence-electron chi connectivity index (χ4n) is 2.80. The molecule has 1 aliphatic rings. The Morgan fingerprint density at radius 2 is 1.85 bits per heavy atom. The largest absolute Gasteiger partial charge is 0.327 e. The van der Waals surface area contributed by atoms with Crippen LogP contribution in [0, 0.1) is 23.0 Å². The average Bonchev–Trinajstić information content (AvgIpc) is 2.35. The van der Waals surface area contributed by atoms with Gasteiger partial charge in [0, 0.05) is 16.2 Å². The van der Waals surface area contributed by atoms with Crippen LogP contribution in [0.1, 0.15) is 40.0 Å². The van der Waals surface area contributed by atoms with Crippen LogP contribution in [0.15, 0.2) is 23.1 Å². The topological polar surface area (TPSA) is 26.0 Å². The second-order valence-electron chi connectivity index (χ2n) is 6.77. The molecule has 1 aromatic carbocycles.